The van der Waals surface area contributed by atoms with Crippen LogP contribution in [0.15, 0.2) is 0 Å². The molecule has 54 heavy (non-hydrogen) atoms. The van der Waals surface area contributed by atoms with Crippen molar-refractivity contribution in [3.8, 4) is 0 Å². The monoisotopic (exact) mass is 782 g/mol. The van der Waals surface area contributed by atoms with E-state index < -0.39 is 16.8 Å². The molecule has 0 radical (unpaired) electrons. The zero-order valence-electron chi connectivity index (χ0n) is 36.4. The summed E-state index contributed by atoms with van der Waals surface area (Å²) in [4.78, 5) is 40.3. The Hall–Kier alpha value is -1.44. The highest BCUT2D eigenvalue weighted by Crippen LogP contribution is 2.16. The van der Waals surface area contributed by atoms with E-state index in [-0.39, 0.29) is 30.6 Å². The molecule has 7 nitrogen and oxygen atoms in total. The molecule has 0 heterocycles. The van der Waals surface area contributed by atoms with Crippen molar-refractivity contribution in [1.29, 1.82) is 0 Å². The second-order valence-electron chi connectivity index (χ2n) is 16.3. The number of likely N-dealkylation sites (N-methyl/N-ethyl adjacent to an activating group) is 1. The molecule has 3 amide bonds. The first-order valence-electron chi connectivity index (χ1n) is 23.4. The van der Waals surface area contributed by atoms with E-state index >= 15 is 0 Å². The van der Waals surface area contributed by atoms with Crippen LogP contribution in [0.2, 0.25) is 0 Å². The van der Waals surface area contributed by atoms with Crippen LogP contribution < -0.4 is 10.6 Å². The molecular formula is C46H91N3O4S. The molecule has 0 aromatic heterocycles. The highest BCUT2D eigenvalue weighted by atomic mass is 32.2. The van der Waals surface area contributed by atoms with Gasteiger partial charge in [-0.3, -0.25) is 18.6 Å². The zero-order valence-corrected chi connectivity index (χ0v) is 37.3. The molecule has 8 heteroatoms. The zero-order chi connectivity index (χ0) is 39.7. The van der Waals surface area contributed by atoms with Crippen molar-refractivity contribution in [3.63, 3.8) is 0 Å². The summed E-state index contributed by atoms with van der Waals surface area (Å²) in [5.74, 6) is -0.223. The molecule has 2 unspecified atom stereocenters. The fourth-order valence-corrected chi connectivity index (χ4v) is 8.00. The van der Waals surface area contributed by atoms with Crippen LogP contribution >= 0.6 is 0 Å². The average molecular weight is 782 g/mol. The first kappa shape index (κ1) is 52.6. The van der Waals surface area contributed by atoms with E-state index in [1.54, 1.807) is 6.26 Å². The van der Waals surface area contributed by atoms with Crippen molar-refractivity contribution in [2.45, 2.75) is 245 Å². The SMILES string of the molecule is CCCCCCCCCCCCCCCCCCN(CCCCCCCCCCCCCCCCCC)C(=O)CCC(=O)NC(CCS(C)=O)C(=O)NC. The molecule has 2 atom stereocenters. The number of carbonyl (C=O) groups excluding carboxylic acids is 3. The molecule has 0 bridgehead atoms. The molecule has 0 fully saturated rings. The Labute approximate surface area is 338 Å². The van der Waals surface area contributed by atoms with Crippen LogP contribution in [0.5, 0.6) is 0 Å². The van der Waals surface area contributed by atoms with Crippen LogP contribution in [0.25, 0.3) is 0 Å². The first-order chi connectivity index (χ1) is 26.3. The largest absolute Gasteiger partial charge is 0.357 e. The molecular weight excluding hydrogens is 691 g/mol. The highest BCUT2D eigenvalue weighted by molar-refractivity contribution is 7.84. The van der Waals surface area contributed by atoms with E-state index in [9.17, 15) is 18.6 Å². The number of nitrogens with one attached hydrogen (secondary N) is 2. The molecule has 0 aliphatic rings. The Kier molecular flexibility index (Phi) is 40.1. The fraction of sp³-hybridized carbons (Fsp3) is 0.935. The van der Waals surface area contributed by atoms with Crippen molar-refractivity contribution >= 4 is 28.5 Å². The van der Waals surface area contributed by atoms with E-state index in [2.05, 4.69) is 24.5 Å². The van der Waals surface area contributed by atoms with E-state index in [1.807, 2.05) is 4.90 Å². The normalized spacial score (nSPS) is 12.4. The van der Waals surface area contributed by atoms with Crippen LogP contribution in [0.4, 0.5) is 0 Å². The molecule has 0 saturated carbocycles. The third-order valence-corrected chi connectivity index (χ3v) is 11.9. The minimum atomic E-state index is -1.05. The van der Waals surface area contributed by atoms with Gasteiger partial charge in [-0.25, -0.2) is 0 Å². The van der Waals surface area contributed by atoms with Gasteiger partial charge in [0.1, 0.15) is 6.04 Å². The lowest BCUT2D eigenvalue weighted by Crippen LogP contribution is -2.46. The van der Waals surface area contributed by atoms with Crippen molar-refractivity contribution in [2.24, 2.45) is 0 Å². The molecule has 0 aromatic carbocycles. The number of amides is 3. The van der Waals surface area contributed by atoms with Crippen molar-refractivity contribution in [1.82, 2.24) is 15.5 Å². The van der Waals surface area contributed by atoms with Crippen LogP contribution in [-0.2, 0) is 25.2 Å². The van der Waals surface area contributed by atoms with Crippen LogP contribution in [-0.4, -0.2) is 65.0 Å². The van der Waals surface area contributed by atoms with Crippen LogP contribution in [0.1, 0.15) is 239 Å². The number of nitrogens with zero attached hydrogens (tertiary/aromatic N) is 1. The number of hydrogen-bond donors (Lipinski definition) is 2. The van der Waals surface area contributed by atoms with E-state index in [4.69, 9.17) is 0 Å². The van der Waals surface area contributed by atoms with Gasteiger partial charge in [0, 0.05) is 55.8 Å². The first-order valence-corrected chi connectivity index (χ1v) is 25.2. The van der Waals surface area contributed by atoms with Gasteiger partial charge >= 0.3 is 0 Å². The Morgan fingerprint density at radius 1 is 0.500 bits per heavy atom. The van der Waals surface area contributed by atoms with E-state index in [1.165, 1.54) is 187 Å². The second-order valence-corrected chi connectivity index (χ2v) is 17.8. The summed E-state index contributed by atoms with van der Waals surface area (Å²) in [6, 6.07) is -0.729. The smallest absolute Gasteiger partial charge is 0.242 e. The Morgan fingerprint density at radius 2 is 0.815 bits per heavy atom. The third-order valence-electron chi connectivity index (χ3n) is 11.1. The maximum atomic E-state index is 13.3. The molecule has 0 rings (SSSR count). The highest BCUT2D eigenvalue weighted by Gasteiger charge is 2.21. The van der Waals surface area contributed by atoms with E-state index in [0.717, 1.165) is 38.8 Å². The standard InChI is InChI=1S/C46H91N3O4S/c1-5-7-9-11-13-15-17-19-21-23-25-27-29-31-33-35-40-49(45(51)38-37-44(50)48-43(46(52)47-3)39-42-54(4)53)41-36-34-32-30-28-26-24-22-20-18-16-14-12-10-8-6-2/h43H,5-42H2,1-4H3,(H,47,52)(H,48,50). The molecule has 320 valence electrons. The average Bonchev–Trinajstić information content (AvgIpc) is 3.16. The number of carbonyl (C=O) groups is 3. The fourth-order valence-electron chi connectivity index (χ4n) is 7.43. The van der Waals surface area contributed by atoms with Crippen molar-refractivity contribution in [3.05, 3.63) is 0 Å². The molecule has 0 aliphatic carbocycles. The molecule has 2 N–H and O–H groups in total. The molecule has 0 spiro atoms. The number of rotatable bonds is 42. The van der Waals surface area contributed by atoms with Crippen molar-refractivity contribution in [2.75, 3.05) is 32.1 Å². The molecule has 0 aromatic rings. The lowest BCUT2D eigenvalue weighted by molar-refractivity contribution is -0.134. The quantitative estimate of drug-likeness (QED) is 0.0603. The summed E-state index contributed by atoms with van der Waals surface area (Å²) in [6.07, 6.45) is 44.7. The van der Waals surface area contributed by atoms with Gasteiger partial charge < -0.3 is 15.5 Å². The van der Waals surface area contributed by atoms with Gasteiger partial charge in [-0.1, -0.05) is 206 Å². The van der Waals surface area contributed by atoms with Gasteiger partial charge in [0.05, 0.1) is 0 Å². The lowest BCUT2D eigenvalue weighted by atomic mass is 10.0. The van der Waals surface area contributed by atoms with Gasteiger partial charge in [0.25, 0.3) is 0 Å². The Bertz CT molecular complexity index is 850. The number of hydrogen-bond acceptors (Lipinski definition) is 4. The maximum Gasteiger partial charge on any atom is 0.242 e. The summed E-state index contributed by atoms with van der Waals surface area (Å²) in [5, 5.41) is 5.34. The maximum absolute atomic E-state index is 13.3. The van der Waals surface area contributed by atoms with Gasteiger partial charge in [-0.2, -0.15) is 0 Å². The minimum absolute atomic E-state index is 0.0400. The van der Waals surface area contributed by atoms with Gasteiger partial charge in [-0.15, -0.1) is 0 Å². The Balaban J connectivity index is 4.41. The minimum Gasteiger partial charge on any atom is -0.357 e. The van der Waals surface area contributed by atoms with Gasteiger partial charge in [0.15, 0.2) is 0 Å². The Morgan fingerprint density at radius 3 is 1.11 bits per heavy atom. The summed E-state index contributed by atoms with van der Waals surface area (Å²) < 4.78 is 11.6. The summed E-state index contributed by atoms with van der Waals surface area (Å²) in [6.45, 7) is 6.09. The third kappa shape index (κ3) is 36.2. The molecule has 0 aliphatic heterocycles. The van der Waals surface area contributed by atoms with Crippen LogP contribution in [0, 0.1) is 0 Å². The molecule has 0 saturated heterocycles. The van der Waals surface area contributed by atoms with Gasteiger partial charge in [0.2, 0.25) is 17.7 Å². The number of unbranched alkanes of at least 4 members (excludes halogenated alkanes) is 30. The lowest BCUT2D eigenvalue weighted by Gasteiger charge is -2.23. The van der Waals surface area contributed by atoms with E-state index in [0.29, 0.717) is 12.2 Å². The predicted molar refractivity (Wildman–Crippen MR) is 234 cm³/mol. The topological polar surface area (TPSA) is 95.6 Å². The summed E-state index contributed by atoms with van der Waals surface area (Å²) in [5.41, 5.74) is 0. The van der Waals surface area contributed by atoms with Gasteiger partial charge in [-0.05, 0) is 19.3 Å². The summed E-state index contributed by atoms with van der Waals surface area (Å²) in [7, 11) is 0.480. The summed E-state index contributed by atoms with van der Waals surface area (Å²) >= 11 is 0. The second kappa shape index (κ2) is 41.2. The predicted octanol–water partition coefficient (Wildman–Crippen LogP) is 12.1. The van der Waals surface area contributed by atoms with Crippen LogP contribution in [0.3, 0.4) is 0 Å². The van der Waals surface area contributed by atoms with Crippen molar-refractivity contribution < 1.29 is 18.6 Å².